The van der Waals surface area contributed by atoms with Crippen molar-refractivity contribution in [3.05, 3.63) is 28.2 Å². The van der Waals surface area contributed by atoms with E-state index >= 15 is 0 Å². The maximum absolute atomic E-state index is 11.9. The summed E-state index contributed by atoms with van der Waals surface area (Å²) < 4.78 is 1.05. The van der Waals surface area contributed by atoms with E-state index in [2.05, 4.69) is 41.2 Å². The summed E-state index contributed by atoms with van der Waals surface area (Å²) in [4.78, 5) is 11.9. The summed E-state index contributed by atoms with van der Waals surface area (Å²) in [6.07, 6.45) is 2.89. The summed E-state index contributed by atoms with van der Waals surface area (Å²) >= 11 is 3.44. The van der Waals surface area contributed by atoms with Crippen LogP contribution in [0, 0.1) is 5.92 Å². The summed E-state index contributed by atoms with van der Waals surface area (Å²) in [6, 6.07) is 5.97. The maximum Gasteiger partial charge on any atom is 0.227 e. The van der Waals surface area contributed by atoms with E-state index in [-0.39, 0.29) is 11.8 Å². The molecule has 1 atom stereocenters. The Labute approximate surface area is 112 Å². The lowest BCUT2D eigenvalue weighted by atomic mass is 10.0. The molecule has 0 heterocycles. The third-order valence-electron chi connectivity index (χ3n) is 2.88. The first-order chi connectivity index (χ1) is 8.08. The Morgan fingerprint density at radius 1 is 1.41 bits per heavy atom. The Kier molecular flexibility index (Phi) is 5.69. The van der Waals surface area contributed by atoms with E-state index in [1.165, 1.54) is 0 Å². The number of hydrogen-bond donors (Lipinski definition) is 1. The smallest absolute Gasteiger partial charge is 0.227 e. The van der Waals surface area contributed by atoms with E-state index in [1.807, 2.05) is 19.1 Å². The lowest BCUT2D eigenvalue weighted by Gasteiger charge is -2.14. The molecule has 0 saturated heterocycles. The predicted molar refractivity (Wildman–Crippen MR) is 76.2 cm³/mol. The van der Waals surface area contributed by atoms with Gasteiger partial charge in [-0.05, 0) is 36.6 Å². The second-order valence-corrected chi connectivity index (χ2v) is 5.25. The molecular weight excluding hydrogens is 278 g/mol. The van der Waals surface area contributed by atoms with Crippen LogP contribution in [-0.4, -0.2) is 5.91 Å². The van der Waals surface area contributed by atoms with Crippen LogP contribution in [0.1, 0.15) is 39.2 Å². The predicted octanol–water partition coefficient (Wildman–Crippen LogP) is 4.39. The van der Waals surface area contributed by atoms with Crippen molar-refractivity contribution in [2.75, 3.05) is 5.32 Å². The highest BCUT2D eigenvalue weighted by Crippen LogP contribution is 2.22. The van der Waals surface area contributed by atoms with Gasteiger partial charge in [-0.2, -0.15) is 0 Å². The normalized spacial score (nSPS) is 12.2. The Balaban J connectivity index is 2.77. The molecule has 0 aliphatic heterocycles. The van der Waals surface area contributed by atoms with Gasteiger partial charge in [0.1, 0.15) is 0 Å². The molecule has 1 aromatic rings. The van der Waals surface area contributed by atoms with Crippen molar-refractivity contribution in [2.24, 2.45) is 5.92 Å². The van der Waals surface area contributed by atoms with Crippen molar-refractivity contribution in [2.45, 2.75) is 40.0 Å². The SMILES string of the molecule is CCCC(C)C(=O)Nc1ccc(Br)cc1CC. The fourth-order valence-corrected chi connectivity index (χ4v) is 2.21. The summed E-state index contributed by atoms with van der Waals surface area (Å²) in [5.74, 6) is 0.192. The van der Waals surface area contributed by atoms with Crippen molar-refractivity contribution in [3.8, 4) is 0 Å². The fraction of sp³-hybridized carbons (Fsp3) is 0.500. The number of benzene rings is 1. The molecule has 1 amide bonds. The van der Waals surface area contributed by atoms with Crippen LogP contribution in [0.3, 0.4) is 0 Å². The van der Waals surface area contributed by atoms with E-state index in [0.29, 0.717) is 0 Å². The molecule has 0 bridgehead atoms. The van der Waals surface area contributed by atoms with Crippen LogP contribution in [-0.2, 0) is 11.2 Å². The molecule has 1 N–H and O–H groups in total. The average Bonchev–Trinajstić information content (AvgIpc) is 2.31. The first-order valence-electron chi connectivity index (χ1n) is 6.17. The third-order valence-corrected chi connectivity index (χ3v) is 3.37. The van der Waals surface area contributed by atoms with Crippen molar-refractivity contribution in [1.82, 2.24) is 0 Å². The molecule has 0 aliphatic carbocycles. The topological polar surface area (TPSA) is 29.1 Å². The number of anilines is 1. The van der Waals surface area contributed by atoms with Gasteiger partial charge in [0.05, 0.1) is 0 Å². The van der Waals surface area contributed by atoms with Gasteiger partial charge in [0.25, 0.3) is 0 Å². The van der Waals surface area contributed by atoms with Crippen LogP contribution in [0.4, 0.5) is 5.69 Å². The van der Waals surface area contributed by atoms with Crippen LogP contribution < -0.4 is 5.32 Å². The van der Waals surface area contributed by atoms with E-state index in [0.717, 1.165) is 35.0 Å². The number of hydrogen-bond acceptors (Lipinski definition) is 1. The Morgan fingerprint density at radius 2 is 2.12 bits per heavy atom. The molecule has 0 radical (unpaired) electrons. The van der Waals surface area contributed by atoms with Crippen LogP contribution in [0.2, 0.25) is 0 Å². The minimum Gasteiger partial charge on any atom is -0.326 e. The second kappa shape index (κ2) is 6.80. The molecule has 0 aliphatic rings. The zero-order chi connectivity index (χ0) is 12.8. The van der Waals surface area contributed by atoms with Crippen molar-refractivity contribution in [1.29, 1.82) is 0 Å². The average molecular weight is 298 g/mol. The molecule has 0 fully saturated rings. The molecule has 0 spiro atoms. The van der Waals surface area contributed by atoms with Crippen LogP contribution in [0.15, 0.2) is 22.7 Å². The largest absolute Gasteiger partial charge is 0.326 e. The van der Waals surface area contributed by atoms with Crippen LogP contribution in [0.25, 0.3) is 0 Å². The Bertz CT molecular complexity index is 390. The fourth-order valence-electron chi connectivity index (χ4n) is 1.80. The summed E-state index contributed by atoms with van der Waals surface area (Å²) in [7, 11) is 0. The number of carbonyl (C=O) groups excluding carboxylic acids is 1. The van der Waals surface area contributed by atoms with E-state index in [4.69, 9.17) is 0 Å². The van der Waals surface area contributed by atoms with Gasteiger partial charge in [-0.15, -0.1) is 0 Å². The molecule has 1 rings (SSSR count). The number of halogens is 1. The molecule has 94 valence electrons. The van der Waals surface area contributed by atoms with E-state index in [9.17, 15) is 4.79 Å². The lowest BCUT2D eigenvalue weighted by molar-refractivity contribution is -0.119. The molecule has 0 saturated carbocycles. The van der Waals surface area contributed by atoms with Gasteiger partial charge in [0.15, 0.2) is 0 Å². The van der Waals surface area contributed by atoms with Gasteiger partial charge >= 0.3 is 0 Å². The highest BCUT2D eigenvalue weighted by atomic mass is 79.9. The van der Waals surface area contributed by atoms with Gasteiger partial charge in [0, 0.05) is 16.1 Å². The molecule has 1 aromatic carbocycles. The van der Waals surface area contributed by atoms with Gasteiger partial charge in [-0.1, -0.05) is 43.1 Å². The summed E-state index contributed by atoms with van der Waals surface area (Å²) in [5.41, 5.74) is 2.10. The number of amides is 1. The van der Waals surface area contributed by atoms with Gasteiger partial charge in [-0.25, -0.2) is 0 Å². The van der Waals surface area contributed by atoms with Crippen LogP contribution in [0.5, 0.6) is 0 Å². The van der Waals surface area contributed by atoms with Crippen molar-refractivity contribution < 1.29 is 4.79 Å². The molecule has 17 heavy (non-hydrogen) atoms. The Hall–Kier alpha value is -0.830. The Morgan fingerprint density at radius 3 is 2.71 bits per heavy atom. The number of nitrogens with one attached hydrogen (secondary N) is 1. The molecular formula is C14H20BrNO. The quantitative estimate of drug-likeness (QED) is 0.858. The van der Waals surface area contributed by atoms with E-state index < -0.39 is 0 Å². The highest BCUT2D eigenvalue weighted by Gasteiger charge is 2.13. The molecule has 0 aromatic heterocycles. The van der Waals surface area contributed by atoms with E-state index in [1.54, 1.807) is 0 Å². The third kappa shape index (κ3) is 4.15. The van der Waals surface area contributed by atoms with Gasteiger partial charge < -0.3 is 5.32 Å². The summed E-state index contributed by atoms with van der Waals surface area (Å²) in [6.45, 7) is 6.16. The number of aryl methyl sites for hydroxylation is 1. The standard InChI is InChI=1S/C14H20BrNO/c1-4-6-10(3)14(17)16-13-8-7-12(15)9-11(13)5-2/h7-10H,4-6H2,1-3H3,(H,16,17). The van der Waals surface area contributed by atoms with Crippen molar-refractivity contribution in [3.63, 3.8) is 0 Å². The first kappa shape index (κ1) is 14.2. The monoisotopic (exact) mass is 297 g/mol. The molecule has 2 nitrogen and oxygen atoms in total. The highest BCUT2D eigenvalue weighted by molar-refractivity contribution is 9.10. The number of rotatable bonds is 5. The molecule has 1 unspecified atom stereocenters. The van der Waals surface area contributed by atoms with Gasteiger partial charge in [-0.3, -0.25) is 4.79 Å². The second-order valence-electron chi connectivity index (χ2n) is 4.33. The van der Waals surface area contributed by atoms with Crippen molar-refractivity contribution >= 4 is 27.5 Å². The van der Waals surface area contributed by atoms with Gasteiger partial charge in [0.2, 0.25) is 5.91 Å². The zero-order valence-corrected chi connectivity index (χ0v) is 12.3. The zero-order valence-electron chi connectivity index (χ0n) is 10.7. The minimum absolute atomic E-state index is 0.0772. The minimum atomic E-state index is 0.0772. The van der Waals surface area contributed by atoms with Crippen LogP contribution >= 0.6 is 15.9 Å². The molecule has 3 heteroatoms. The maximum atomic E-state index is 11.9. The lowest BCUT2D eigenvalue weighted by Crippen LogP contribution is -2.20. The first-order valence-corrected chi connectivity index (χ1v) is 6.97. The number of carbonyl (C=O) groups is 1. The summed E-state index contributed by atoms with van der Waals surface area (Å²) in [5, 5.41) is 3.01.